The topological polar surface area (TPSA) is 119 Å². The fourth-order valence-electron chi connectivity index (χ4n) is 4.25. The van der Waals surface area contributed by atoms with Crippen LogP contribution in [0.1, 0.15) is 35.3 Å². The highest BCUT2D eigenvalue weighted by atomic mass is 32.2. The second-order valence-electron chi connectivity index (χ2n) is 9.29. The fourth-order valence-corrected chi connectivity index (χ4v) is 5.39. The zero-order valence-electron chi connectivity index (χ0n) is 20.7. The van der Waals surface area contributed by atoms with Gasteiger partial charge in [0.05, 0.1) is 11.9 Å². The quantitative estimate of drug-likeness (QED) is 0.384. The Kier molecular flexibility index (Phi) is 8.81. The zero-order chi connectivity index (χ0) is 26.5. The summed E-state index contributed by atoms with van der Waals surface area (Å²) in [5, 5.41) is 26.8. The standard InChI is InChI=1S/C27H33N3O5S/c1-5-14-28-25(34)23-27(3,4)36-16-30(23)26(35)22(32)20(15-18-10-7-6-8-11-18)29-24(33)19-12-9-13-21(31)17(19)2/h5-13,20,22-23,31-32H,1,14-16H2,2-4H3,(H,28,34)(H,29,33)/t20-,22-,23?/m0/s1. The minimum absolute atomic E-state index is 0.0245. The first-order valence-corrected chi connectivity index (χ1v) is 12.7. The molecule has 2 aromatic rings. The number of rotatable bonds is 9. The van der Waals surface area contributed by atoms with E-state index in [0.29, 0.717) is 5.56 Å². The zero-order valence-corrected chi connectivity index (χ0v) is 21.5. The molecular formula is C27H33N3O5S. The van der Waals surface area contributed by atoms with Crippen LogP contribution in [0.25, 0.3) is 0 Å². The number of phenolic OH excluding ortho intramolecular Hbond substituents is 1. The Bertz CT molecular complexity index is 1120. The van der Waals surface area contributed by atoms with E-state index in [2.05, 4.69) is 17.2 Å². The number of nitrogens with one attached hydrogen (secondary N) is 2. The molecule has 9 heteroatoms. The molecule has 0 saturated carbocycles. The van der Waals surface area contributed by atoms with Gasteiger partial charge in [0.25, 0.3) is 11.8 Å². The predicted octanol–water partition coefficient (Wildman–Crippen LogP) is 2.38. The number of phenols is 1. The first-order chi connectivity index (χ1) is 17.1. The van der Waals surface area contributed by atoms with Gasteiger partial charge in [0.15, 0.2) is 6.10 Å². The third-order valence-corrected chi connectivity index (χ3v) is 7.67. The van der Waals surface area contributed by atoms with Crippen LogP contribution in [0.5, 0.6) is 5.75 Å². The minimum Gasteiger partial charge on any atom is -0.508 e. The predicted molar refractivity (Wildman–Crippen MR) is 141 cm³/mol. The molecule has 2 aromatic carbocycles. The number of aliphatic hydroxyl groups is 1. The van der Waals surface area contributed by atoms with E-state index >= 15 is 0 Å². The number of carbonyl (C=O) groups excluding carboxylic acids is 3. The van der Waals surface area contributed by atoms with Crippen LogP contribution in [0, 0.1) is 6.92 Å². The van der Waals surface area contributed by atoms with Crippen molar-refractivity contribution in [2.24, 2.45) is 0 Å². The van der Waals surface area contributed by atoms with Crippen LogP contribution in [-0.4, -0.2) is 68.2 Å². The van der Waals surface area contributed by atoms with E-state index in [1.807, 2.05) is 44.2 Å². The number of hydrogen-bond donors (Lipinski definition) is 4. The molecule has 4 N–H and O–H groups in total. The van der Waals surface area contributed by atoms with Gasteiger partial charge in [-0.2, -0.15) is 0 Å². The molecule has 1 unspecified atom stereocenters. The number of hydrogen-bond acceptors (Lipinski definition) is 6. The maximum atomic E-state index is 13.6. The number of carbonyl (C=O) groups is 3. The van der Waals surface area contributed by atoms with Crippen LogP contribution < -0.4 is 10.6 Å². The molecule has 0 aromatic heterocycles. The first kappa shape index (κ1) is 27.3. The molecule has 8 nitrogen and oxygen atoms in total. The third kappa shape index (κ3) is 6.09. The van der Waals surface area contributed by atoms with E-state index < -0.39 is 34.7 Å². The smallest absolute Gasteiger partial charge is 0.254 e. The van der Waals surface area contributed by atoms with Gasteiger partial charge in [-0.05, 0) is 44.9 Å². The van der Waals surface area contributed by atoms with Gasteiger partial charge >= 0.3 is 0 Å². The van der Waals surface area contributed by atoms with Crippen molar-refractivity contribution in [1.82, 2.24) is 15.5 Å². The molecule has 0 aliphatic carbocycles. The molecular weight excluding hydrogens is 478 g/mol. The average Bonchev–Trinajstić information content (AvgIpc) is 3.18. The third-order valence-electron chi connectivity index (χ3n) is 6.30. The molecule has 0 radical (unpaired) electrons. The molecule has 36 heavy (non-hydrogen) atoms. The van der Waals surface area contributed by atoms with E-state index in [1.165, 1.54) is 22.7 Å². The van der Waals surface area contributed by atoms with E-state index in [0.717, 1.165) is 5.56 Å². The Morgan fingerprint density at radius 3 is 2.56 bits per heavy atom. The molecule has 3 atom stereocenters. The Labute approximate surface area is 215 Å². The minimum atomic E-state index is -1.60. The Morgan fingerprint density at radius 2 is 1.89 bits per heavy atom. The fraction of sp³-hybridized carbons (Fsp3) is 0.370. The lowest BCUT2D eigenvalue weighted by molar-refractivity contribution is -0.147. The van der Waals surface area contributed by atoms with Gasteiger partial charge in [0, 0.05) is 22.4 Å². The van der Waals surface area contributed by atoms with Crippen molar-refractivity contribution >= 4 is 29.5 Å². The Hall–Kier alpha value is -3.30. The molecule has 0 spiro atoms. The van der Waals surface area contributed by atoms with Gasteiger partial charge in [-0.15, -0.1) is 18.3 Å². The Morgan fingerprint density at radius 1 is 1.19 bits per heavy atom. The molecule has 1 aliphatic rings. The summed E-state index contributed by atoms with van der Waals surface area (Å²) in [7, 11) is 0. The number of aromatic hydroxyl groups is 1. The number of thioether (sulfide) groups is 1. The normalized spacial score (nSPS) is 18.2. The molecule has 1 aliphatic heterocycles. The van der Waals surface area contributed by atoms with Gasteiger partial charge < -0.3 is 25.7 Å². The lowest BCUT2D eigenvalue weighted by Gasteiger charge is -2.33. The summed E-state index contributed by atoms with van der Waals surface area (Å²) in [4.78, 5) is 41.0. The summed E-state index contributed by atoms with van der Waals surface area (Å²) in [6, 6.07) is 12.0. The molecule has 1 heterocycles. The molecule has 3 amide bonds. The molecule has 0 bridgehead atoms. The van der Waals surface area contributed by atoms with Gasteiger partial charge in [0.2, 0.25) is 5.91 Å². The van der Waals surface area contributed by atoms with Crippen molar-refractivity contribution in [3.05, 3.63) is 77.9 Å². The molecule has 1 fully saturated rings. The summed E-state index contributed by atoms with van der Waals surface area (Å²) in [5.74, 6) is -1.28. The Balaban J connectivity index is 1.88. The van der Waals surface area contributed by atoms with Crippen molar-refractivity contribution in [3.63, 3.8) is 0 Å². The van der Waals surface area contributed by atoms with E-state index in [-0.39, 0.29) is 36.1 Å². The van der Waals surface area contributed by atoms with Crippen LogP contribution in [0.15, 0.2) is 61.2 Å². The summed E-state index contributed by atoms with van der Waals surface area (Å²) in [6.45, 7) is 9.25. The summed E-state index contributed by atoms with van der Waals surface area (Å²) in [5.41, 5.74) is 1.46. The highest BCUT2D eigenvalue weighted by Crippen LogP contribution is 2.39. The van der Waals surface area contributed by atoms with E-state index in [1.54, 1.807) is 25.1 Å². The van der Waals surface area contributed by atoms with Gasteiger partial charge in [-0.1, -0.05) is 42.5 Å². The highest BCUT2D eigenvalue weighted by molar-refractivity contribution is 8.00. The first-order valence-electron chi connectivity index (χ1n) is 11.7. The number of nitrogens with zero attached hydrogens (tertiary/aromatic N) is 1. The lowest BCUT2D eigenvalue weighted by atomic mass is 9.96. The van der Waals surface area contributed by atoms with Crippen molar-refractivity contribution in [3.8, 4) is 5.75 Å². The van der Waals surface area contributed by atoms with Crippen LogP contribution >= 0.6 is 11.8 Å². The lowest BCUT2D eigenvalue weighted by Crippen LogP contribution is -2.58. The maximum Gasteiger partial charge on any atom is 0.254 e. The van der Waals surface area contributed by atoms with Crippen molar-refractivity contribution < 1.29 is 24.6 Å². The summed E-state index contributed by atoms with van der Waals surface area (Å²) < 4.78 is -0.572. The largest absolute Gasteiger partial charge is 0.508 e. The monoisotopic (exact) mass is 511 g/mol. The number of aliphatic hydroxyl groups excluding tert-OH is 1. The molecule has 1 saturated heterocycles. The second kappa shape index (κ2) is 11.6. The van der Waals surface area contributed by atoms with Crippen LogP contribution in [0.4, 0.5) is 0 Å². The second-order valence-corrected chi connectivity index (χ2v) is 10.9. The van der Waals surface area contributed by atoms with Crippen LogP contribution in [0.3, 0.4) is 0 Å². The van der Waals surface area contributed by atoms with Crippen molar-refractivity contribution in [2.75, 3.05) is 12.4 Å². The van der Waals surface area contributed by atoms with Crippen molar-refractivity contribution in [1.29, 1.82) is 0 Å². The molecule has 3 rings (SSSR count). The van der Waals surface area contributed by atoms with Crippen LogP contribution in [0.2, 0.25) is 0 Å². The van der Waals surface area contributed by atoms with Crippen molar-refractivity contribution in [2.45, 2.75) is 50.1 Å². The molecule has 192 valence electrons. The van der Waals surface area contributed by atoms with E-state index in [9.17, 15) is 24.6 Å². The summed E-state index contributed by atoms with van der Waals surface area (Å²) in [6.07, 6.45) is 0.147. The van der Waals surface area contributed by atoms with Gasteiger partial charge in [-0.3, -0.25) is 14.4 Å². The SMILES string of the molecule is C=CCNC(=O)C1N(C(=O)[C@@H](O)[C@H](Cc2ccccc2)NC(=O)c2cccc(O)c2C)CSC1(C)C. The average molecular weight is 512 g/mol. The highest BCUT2D eigenvalue weighted by Gasteiger charge is 2.49. The summed E-state index contributed by atoms with van der Waals surface area (Å²) >= 11 is 1.45. The van der Waals surface area contributed by atoms with Gasteiger partial charge in [-0.25, -0.2) is 0 Å². The number of benzene rings is 2. The maximum absolute atomic E-state index is 13.6. The van der Waals surface area contributed by atoms with Crippen LogP contribution in [-0.2, 0) is 16.0 Å². The van der Waals surface area contributed by atoms with E-state index in [4.69, 9.17) is 0 Å². The number of amides is 3. The van der Waals surface area contributed by atoms with Gasteiger partial charge in [0.1, 0.15) is 11.8 Å².